The molecule has 0 fully saturated rings. The molecule has 0 aliphatic heterocycles. The van der Waals surface area contributed by atoms with Crippen LogP contribution in [0.3, 0.4) is 0 Å². The average molecular weight is 418 g/mol. The minimum absolute atomic E-state index is 0.0140. The van der Waals surface area contributed by atoms with Crippen molar-refractivity contribution in [3.8, 4) is 0 Å². The van der Waals surface area contributed by atoms with Gasteiger partial charge in [0.15, 0.2) is 0 Å². The number of amides is 1. The van der Waals surface area contributed by atoms with Gasteiger partial charge in [-0.05, 0) is 29.5 Å². The summed E-state index contributed by atoms with van der Waals surface area (Å²) in [5, 5.41) is 1.62. The summed E-state index contributed by atoms with van der Waals surface area (Å²) in [6, 6.07) is 8.95. The van der Waals surface area contributed by atoms with E-state index in [0.717, 1.165) is 11.3 Å². The van der Waals surface area contributed by atoms with Crippen LogP contribution in [0.5, 0.6) is 0 Å². The predicted octanol–water partition coefficient (Wildman–Crippen LogP) is 1.77. The maximum atomic E-state index is 12.3. The number of rotatable bonds is 8. The van der Waals surface area contributed by atoms with E-state index >= 15 is 0 Å². The van der Waals surface area contributed by atoms with E-state index in [4.69, 9.17) is 0 Å². The molecular weight excluding hydrogens is 398 g/mol. The Labute approximate surface area is 156 Å². The van der Waals surface area contributed by atoms with Gasteiger partial charge in [0, 0.05) is 0 Å². The van der Waals surface area contributed by atoms with Crippen LogP contribution < -0.4 is 15.0 Å². The Bertz CT molecular complexity index is 968. The number of hydrogen-bond donors (Lipinski definition) is 3. The number of anilines is 1. The Balaban J connectivity index is 2.17. The van der Waals surface area contributed by atoms with E-state index in [0.29, 0.717) is 0 Å². The van der Waals surface area contributed by atoms with Crippen molar-refractivity contribution < 1.29 is 21.6 Å². The molecule has 1 aromatic carbocycles. The molecule has 1 amide bonds. The molecule has 0 aliphatic rings. The topological polar surface area (TPSA) is 121 Å². The lowest BCUT2D eigenvalue weighted by Gasteiger charge is -2.13. The standard InChI is InChI=1S/C15H19N3O5S3/c1-11(2)10-25(20,21)18-16-15(19)12-6-3-4-7-13(12)17-26(22,23)14-8-5-9-24-14/h3-9,11,17-18H,10H2,1-2H3,(H,16,19). The summed E-state index contributed by atoms with van der Waals surface area (Å²) in [6.07, 6.45) is 0. The number of benzene rings is 1. The Morgan fingerprint density at radius 1 is 1.08 bits per heavy atom. The van der Waals surface area contributed by atoms with Crippen molar-refractivity contribution in [3.05, 3.63) is 47.3 Å². The molecule has 26 heavy (non-hydrogen) atoms. The van der Waals surface area contributed by atoms with Crippen LogP contribution in [0.2, 0.25) is 0 Å². The highest BCUT2D eigenvalue weighted by Gasteiger charge is 2.20. The van der Waals surface area contributed by atoms with Gasteiger partial charge in [-0.2, -0.15) is 0 Å². The lowest BCUT2D eigenvalue weighted by Crippen LogP contribution is -2.43. The Morgan fingerprint density at radius 2 is 1.77 bits per heavy atom. The first kappa shape index (κ1) is 20.4. The van der Waals surface area contributed by atoms with Gasteiger partial charge in [-0.3, -0.25) is 14.9 Å². The highest BCUT2D eigenvalue weighted by atomic mass is 32.2. The molecule has 1 aromatic heterocycles. The number of para-hydroxylation sites is 1. The van der Waals surface area contributed by atoms with Gasteiger partial charge in [0.05, 0.1) is 17.0 Å². The molecule has 2 aromatic rings. The summed E-state index contributed by atoms with van der Waals surface area (Å²) in [7, 11) is -7.52. The van der Waals surface area contributed by atoms with Crippen molar-refractivity contribution in [1.29, 1.82) is 0 Å². The van der Waals surface area contributed by atoms with Crippen LogP contribution in [0.4, 0.5) is 5.69 Å². The number of hydrogen-bond acceptors (Lipinski definition) is 6. The first-order valence-electron chi connectivity index (χ1n) is 7.56. The molecule has 8 nitrogen and oxygen atoms in total. The first-order chi connectivity index (χ1) is 12.1. The van der Waals surface area contributed by atoms with Crippen LogP contribution >= 0.6 is 11.3 Å². The number of nitrogens with one attached hydrogen (secondary N) is 3. The third-order valence-electron chi connectivity index (χ3n) is 3.05. The second-order valence-electron chi connectivity index (χ2n) is 5.81. The molecule has 0 bridgehead atoms. The van der Waals surface area contributed by atoms with Crippen LogP contribution in [0, 0.1) is 5.92 Å². The fourth-order valence-electron chi connectivity index (χ4n) is 2.05. The Kier molecular flexibility index (Phi) is 6.39. The van der Waals surface area contributed by atoms with Crippen LogP contribution in [0.15, 0.2) is 46.0 Å². The smallest absolute Gasteiger partial charge is 0.271 e. The summed E-state index contributed by atoms with van der Waals surface area (Å²) in [5.41, 5.74) is 2.13. The highest BCUT2D eigenvalue weighted by molar-refractivity contribution is 7.94. The third-order valence-corrected chi connectivity index (χ3v) is 7.33. The molecule has 0 aliphatic carbocycles. The number of carbonyl (C=O) groups excluding carboxylic acids is 1. The van der Waals surface area contributed by atoms with E-state index in [2.05, 4.69) is 10.1 Å². The van der Waals surface area contributed by atoms with E-state index < -0.39 is 26.0 Å². The van der Waals surface area contributed by atoms with Crippen LogP contribution in [-0.2, 0) is 20.0 Å². The lowest BCUT2D eigenvalue weighted by molar-refractivity contribution is 0.0946. The molecule has 142 valence electrons. The fourth-order valence-corrected chi connectivity index (χ4v) is 5.34. The lowest BCUT2D eigenvalue weighted by atomic mass is 10.2. The van der Waals surface area contributed by atoms with Gasteiger partial charge in [-0.25, -0.2) is 16.8 Å². The summed E-state index contributed by atoms with van der Waals surface area (Å²) in [5.74, 6) is -1.05. The van der Waals surface area contributed by atoms with Gasteiger partial charge in [0.1, 0.15) is 4.21 Å². The van der Waals surface area contributed by atoms with E-state index in [1.165, 1.54) is 18.2 Å². The molecule has 0 saturated heterocycles. The summed E-state index contributed by atoms with van der Waals surface area (Å²) >= 11 is 1.04. The number of thiophene rings is 1. The van der Waals surface area contributed by atoms with E-state index in [-0.39, 0.29) is 27.1 Å². The Morgan fingerprint density at radius 3 is 2.38 bits per heavy atom. The van der Waals surface area contributed by atoms with Crippen molar-refractivity contribution in [1.82, 2.24) is 10.3 Å². The van der Waals surface area contributed by atoms with Crippen LogP contribution in [0.25, 0.3) is 0 Å². The number of hydrazine groups is 1. The maximum Gasteiger partial charge on any atom is 0.271 e. The summed E-state index contributed by atoms with van der Waals surface area (Å²) in [6.45, 7) is 3.46. The Hall–Kier alpha value is -1.95. The fraction of sp³-hybridized carbons (Fsp3) is 0.267. The summed E-state index contributed by atoms with van der Waals surface area (Å²) in [4.78, 5) is 14.3. The number of carbonyl (C=O) groups is 1. The van der Waals surface area contributed by atoms with Gasteiger partial charge in [0.25, 0.3) is 15.9 Å². The minimum Gasteiger partial charge on any atom is -0.278 e. The average Bonchev–Trinajstić information content (AvgIpc) is 3.07. The van der Waals surface area contributed by atoms with Gasteiger partial charge in [0.2, 0.25) is 10.0 Å². The molecule has 0 saturated carbocycles. The largest absolute Gasteiger partial charge is 0.278 e. The minimum atomic E-state index is -3.84. The first-order valence-corrected chi connectivity index (χ1v) is 11.6. The molecule has 0 atom stereocenters. The van der Waals surface area contributed by atoms with Gasteiger partial charge in [-0.1, -0.05) is 32.0 Å². The quantitative estimate of drug-likeness (QED) is 0.565. The van der Waals surface area contributed by atoms with Gasteiger partial charge in [-0.15, -0.1) is 16.2 Å². The predicted molar refractivity (Wildman–Crippen MR) is 101 cm³/mol. The van der Waals surface area contributed by atoms with E-state index in [9.17, 15) is 21.6 Å². The SMILES string of the molecule is CC(C)CS(=O)(=O)NNC(=O)c1ccccc1NS(=O)(=O)c1cccs1. The number of sulfonamides is 2. The zero-order chi connectivity index (χ0) is 19.4. The van der Waals surface area contributed by atoms with Crippen molar-refractivity contribution in [3.63, 3.8) is 0 Å². The van der Waals surface area contributed by atoms with E-state index in [1.807, 2.05) is 4.83 Å². The van der Waals surface area contributed by atoms with Crippen molar-refractivity contribution >= 4 is 43.0 Å². The van der Waals surface area contributed by atoms with Crippen molar-refractivity contribution in [2.75, 3.05) is 10.5 Å². The zero-order valence-corrected chi connectivity index (χ0v) is 16.5. The van der Waals surface area contributed by atoms with Gasteiger partial charge < -0.3 is 0 Å². The molecule has 0 unspecified atom stereocenters. The second-order valence-corrected chi connectivity index (χ2v) is 10.4. The monoisotopic (exact) mass is 417 g/mol. The molecule has 3 N–H and O–H groups in total. The molecule has 0 spiro atoms. The van der Waals surface area contributed by atoms with Crippen LogP contribution in [-0.4, -0.2) is 28.5 Å². The normalized spacial score (nSPS) is 12.1. The summed E-state index contributed by atoms with van der Waals surface area (Å²) < 4.78 is 50.7. The molecular formula is C15H19N3O5S3. The molecule has 2 rings (SSSR count). The van der Waals surface area contributed by atoms with Crippen molar-refractivity contribution in [2.24, 2.45) is 5.92 Å². The maximum absolute atomic E-state index is 12.3. The molecule has 0 radical (unpaired) electrons. The van der Waals surface area contributed by atoms with Crippen LogP contribution in [0.1, 0.15) is 24.2 Å². The molecule has 1 heterocycles. The molecule has 11 heteroatoms. The van der Waals surface area contributed by atoms with Crippen molar-refractivity contribution in [2.45, 2.75) is 18.1 Å². The van der Waals surface area contributed by atoms with Gasteiger partial charge >= 0.3 is 0 Å². The third kappa shape index (κ3) is 5.53. The highest BCUT2D eigenvalue weighted by Crippen LogP contribution is 2.22. The second kappa shape index (κ2) is 8.16. The van der Waals surface area contributed by atoms with E-state index in [1.54, 1.807) is 37.4 Å². The zero-order valence-electron chi connectivity index (χ0n) is 14.1.